The number of rotatable bonds is 4. The van der Waals surface area contributed by atoms with Gasteiger partial charge in [-0.1, -0.05) is 0 Å². The fraction of sp³-hybridized carbons (Fsp3) is 0.889. The molecule has 1 atom stereocenters. The smallest absolute Gasteiger partial charge is 0.320 e. The SMILES string of the molecule is CCOC(=O)CN(C)C1CCS(=O)(=O)C1. The third-order valence-electron chi connectivity index (χ3n) is 2.52. The molecule has 15 heavy (non-hydrogen) atoms. The van der Waals surface area contributed by atoms with Gasteiger partial charge in [-0.2, -0.15) is 0 Å². The number of carbonyl (C=O) groups excluding carboxylic acids is 1. The van der Waals surface area contributed by atoms with Crippen LogP contribution in [0, 0.1) is 0 Å². The number of carbonyl (C=O) groups is 1. The predicted octanol–water partition coefficient (Wildman–Crippen LogP) is -0.332. The molecule has 0 radical (unpaired) electrons. The van der Waals surface area contributed by atoms with Crippen LogP contribution < -0.4 is 0 Å². The first-order valence-electron chi connectivity index (χ1n) is 5.01. The van der Waals surface area contributed by atoms with Crippen LogP contribution in [-0.4, -0.2) is 57.0 Å². The van der Waals surface area contributed by atoms with E-state index in [4.69, 9.17) is 4.74 Å². The monoisotopic (exact) mass is 235 g/mol. The molecule has 0 spiro atoms. The van der Waals surface area contributed by atoms with Crippen molar-refractivity contribution in [1.29, 1.82) is 0 Å². The molecule has 1 aliphatic heterocycles. The van der Waals surface area contributed by atoms with E-state index in [1.807, 2.05) is 0 Å². The molecule has 5 nitrogen and oxygen atoms in total. The van der Waals surface area contributed by atoms with E-state index in [1.54, 1.807) is 18.9 Å². The molecular formula is C9H17NO4S. The van der Waals surface area contributed by atoms with Crippen molar-refractivity contribution in [3.8, 4) is 0 Å². The van der Waals surface area contributed by atoms with Crippen molar-refractivity contribution in [2.75, 3.05) is 31.7 Å². The molecule has 1 fully saturated rings. The Morgan fingerprint density at radius 2 is 2.20 bits per heavy atom. The molecule has 1 aliphatic rings. The molecule has 1 rings (SSSR count). The van der Waals surface area contributed by atoms with E-state index >= 15 is 0 Å². The zero-order valence-corrected chi connectivity index (χ0v) is 9.92. The van der Waals surface area contributed by atoms with Crippen molar-refractivity contribution in [2.24, 2.45) is 0 Å². The molecule has 0 saturated carbocycles. The van der Waals surface area contributed by atoms with Gasteiger partial charge < -0.3 is 4.74 Å². The van der Waals surface area contributed by atoms with E-state index in [-0.39, 0.29) is 30.1 Å². The summed E-state index contributed by atoms with van der Waals surface area (Å²) in [6.45, 7) is 2.27. The first-order chi connectivity index (χ1) is 6.94. The molecule has 0 amide bonds. The van der Waals surface area contributed by atoms with Crippen LogP contribution in [0.5, 0.6) is 0 Å². The zero-order valence-electron chi connectivity index (χ0n) is 9.10. The fourth-order valence-corrected chi connectivity index (χ4v) is 3.47. The Morgan fingerprint density at radius 3 is 2.67 bits per heavy atom. The summed E-state index contributed by atoms with van der Waals surface area (Å²) in [6.07, 6.45) is 0.609. The Morgan fingerprint density at radius 1 is 1.53 bits per heavy atom. The summed E-state index contributed by atoms with van der Waals surface area (Å²) in [6, 6.07) is -0.0422. The van der Waals surface area contributed by atoms with Gasteiger partial charge >= 0.3 is 5.97 Å². The second-order valence-corrected chi connectivity index (χ2v) is 6.01. The van der Waals surface area contributed by atoms with Gasteiger partial charge in [-0.15, -0.1) is 0 Å². The maximum Gasteiger partial charge on any atom is 0.320 e. The second kappa shape index (κ2) is 4.94. The number of likely N-dealkylation sites (N-methyl/N-ethyl adjacent to an activating group) is 1. The topological polar surface area (TPSA) is 63.7 Å². The maximum absolute atomic E-state index is 11.2. The van der Waals surface area contributed by atoms with Crippen molar-refractivity contribution in [2.45, 2.75) is 19.4 Å². The molecule has 0 aromatic rings. The highest BCUT2D eigenvalue weighted by molar-refractivity contribution is 7.91. The summed E-state index contributed by atoms with van der Waals surface area (Å²) in [7, 11) is -1.13. The quantitative estimate of drug-likeness (QED) is 0.624. The minimum absolute atomic E-state index is 0.0422. The maximum atomic E-state index is 11.2. The van der Waals surface area contributed by atoms with Crippen molar-refractivity contribution >= 4 is 15.8 Å². The van der Waals surface area contributed by atoms with Crippen LogP contribution in [-0.2, 0) is 19.4 Å². The lowest BCUT2D eigenvalue weighted by molar-refractivity contribution is -0.144. The van der Waals surface area contributed by atoms with Crippen LogP contribution in [0.1, 0.15) is 13.3 Å². The molecule has 1 saturated heterocycles. The van der Waals surface area contributed by atoms with Crippen LogP contribution in [0.15, 0.2) is 0 Å². The Balaban J connectivity index is 2.42. The van der Waals surface area contributed by atoms with E-state index in [9.17, 15) is 13.2 Å². The van der Waals surface area contributed by atoms with E-state index < -0.39 is 9.84 Å². The van der Waals surface area contributed by atoms with Gasteiger partial charge in [0.1, 0.15) is 0 Å². The van der Waals surface area contributed by atoms with Crippen LogP contribution in [0.4, 0.5) is 0 Å². The summed E-state index contributed by atoms with van der Waals surface area (Å²) >= 11 is 0. The minimum Gasteiger partial charge on any atom is -0.465 e. The van der Waals surface area contributed by atoms with E-state index in [2.05, 4.69) is 0 Å². The number of sulfone groups is 1. The van der Waals surface area contributed by atoms with Crippen molar-refractivity contribution in [1.82, 2.24) is 4.90 Å². The Labute approximate surface area is 90.3 Å². The molecule has 0 bridgehead atoms. The summed E-state index contributed by atoms with van der Waals surface area (Å²) in [5, 5.41) is 0. The van der Waals surface area contributed by atoms with Crippen molar-refractivity contribution in [3.63, 3.8) is 0 Å². The average Bonchev–Trinajstić information content (AvgIpc) is 2.46. The predicted molar refractivity (Wildman–Crippen MR) is 56.3 cm³/mol. The van der Waals surface area contributed by atoms with Crippen molar-refractivity contribution in [3.05, 3.63) is 0 Å². The van der Waals surface area contributed by atoms with Crippen LogP contribution >= 0.6 is 0 Å². The Hall–Kier alpha value is -0.620. The number of hydrogen-bond acceptors (Lipinski definition) is 5. The largest absolute Gasteiger partial charge is 0.465 e. The molecular weight excluding hydrogens is 218 g/mol. The molecule has 88 valence electrons. The summed E-state index contributed by atoms with van der Waals surface area (Å²) in [4.78, 5) is 12.9. The van der Waals surface area contributed by atoms with Gasteiger partial charge in [0.15, 0.2) is 9.84 Å². The summed E-state index contributed by atoms with van der Waals surface area (Å²) in [5.41, 5.74) is 0. The third kappa shape index (κ3) is 3.79. The zero-order chi connectivity index (χ0) is 11.5. The summed E-state index contributed by atoms with van der Waals surface area (Å²) < 4.78 is 27.2. The van der Waals surface area contributed by atoms with Gasteiger partial charge in [-0.25, -0.2) is 8.42 Å². The molecule has 1 unspecified atom stereocenters. The van der Waals surface area contributed by atoms with Crippen LogP contribution in [0.2, 0.25) is 0 Å². The lowest BCUT2D eigenvalue weighted by atomic mass is 10.2. The van der Waals surface area contributed by atoms with Gasteiger partial charge in [0.05, 0.1) is 24.7 Å². The van der Waals surface area contributed by atoms with E-state index in [1.165, 1.54) is 0 Å². The van der Waals surface area contributed by atoms with E-state index in [0.29, 0.717) is 13.0 Å². The third-order valence-corrected chi connectivity index (χ3v) is 4.27. The normalized spacial score (nSPS) is 24.3. The van der Waals surface area contributed by atoms with Gasteiger partial charge in [-0.05, 0) is 20.4 Å². The Kier molecular flexibility index (Phi) is 4.10. The molecule has 0 aromatic carbocycles. The molecule has 1 heterocycles. The minimum atomic E-state index is -2.88. The standard InChI is InChI=1S/C9H17NO4S/c1-3-14-9(11)6-10(2)8-4-5-15(12,13)7-8/h8H,3-7H2,1-2H3. The summed E-state index contributed by atoms with van der Waals surface area (Å²) in [5.74, 6) is 0.0811. The Bertz CT molecular complexity index is 325. The molecule has 0 N–H and O–H groups in total. The number of esters is 1. The van der Waals surface area contributed by atoms with Crippen LogP contribution in [0.3, 0.4) is 0 Å². The molecule has 0 aliphatic carbocycles. The van der Waals surface area contributed by atoms with Crippen molar-refractivity contribution < 1.29 is 17.9 Å². The molecule has 0 aromatic heterocycles. The number of ether oxygens (including phenoxy) is 1. The van der Waals surface area contributed by atoms with Gasteiger partial charge in [0.25, 0.3) is 0 Å². The first-order valence-corrected chi connectivity index (χ1v) is 6.83. The molecule has 6 heteroatoms. The van der Waals surface area contributed by atoms with Crippen LogP contribution in [0.25, 0.3) is 0 Å². The van der Waals surface area contributed by atoms with Gasteiger partial charge in [-0.3, -0.25) is 9.69 Å². The lowest BCUT2D eigenvalue weighted by Crippen LogP contribution is -2.37. The number of nitrogens with zero attached hydrogens (tertiary/aromatic N) is 1. The number of hydrogen-bond donors (Lipinski definition) is 0. The highest BCUT2D eigenvalue weighted by atomic mass is 32.2. The second-order valence-electron chi connectivity index (χ2n) is 3.78. The highest BCUT2D eigenvalue weighted by Crippen LogP contribution is 2.16. The average molecular weight is 235 g/mol. The fourth-order valence-electron chi connectivity index (χ4n) is 1.66. The van der Waals surface area contributed by atoms with Gasteiger partial charge in [0.2, 0.25) is 0 Å². The first kappa shape index (κ1) is 12.4. The van der Waals surface area contributed by atoms with Gasteiger partial charge in [0, 0.05) is 6.04 Å². The van der Waals surface area contributed by atoms with E-state index in [0.717, 1.165) is 0 Å². The lowest BCUT2D eigenvalue weighted by Gasteiger charge is -2.21. The highest BCUT2D eigenvalue weighted by Gasteiger charge is 2.31.